The van der Waals surface area contributed by atoms with Gasteiger partial charge in [-0.05, 0) is 36.4 Å². The minimum atomic E-state index is -0.515. The molecule has 0 fully saturated rings. The molecule has 0 aliphatic heterocycles. The number of hydrogen-bond acceptors (Lipinski definition) is 3. The summed E-state index contributed by atoms with van der Waals surface area (Å²) in [6.07, 6.45) is 1.45. The summed E-state index contributed by atoms with van der Waals surface area (Å²) in [6, 6.07) is 9.30. The van der Waals surface area contributed by atoms with E-state index < -0.39 is 5.91 Å². The Morgan fingerprint density at radius 1 is 1.11 bits per heavy atom. The third-order valence-corrected chi connectivity index (χ3v) is 2.62. The van der Waals surface area contributed by atoms with Gasteiger partial charge in [0.05, 0.1) is 0 Å². The van der Waals surface area contributed by atoms with Crippen LogP contribution in [0.4, 0.5) is 5.69 Å². The minimum absolute atomic E-state index is 0.247. The maximum Gasteiger partial charge on any atom is 0.255 e. The first-order valence-electron chi connectivity index (χ1n) is 5.39. The number of pyridine rings is 1. The average molecular weight is 276 g/mol. The summed E-state index contributed by atoms with van der Waals surface area (Å²) in [5.41, 5.74) is 6.46. The van der Waals surface area contributed by atoms with Crippen LogP contribution < -0.4 is 11.1 Å². The lowest BCUT2D eigenvalue weighted by Crippen LogP contribution is -2.13. The van der Waals surface area contributed by atoms with Crippen molar-refractivity contribution in [1.29, 1.82) is 0 Å². The second-order valence-corrected chi connectivity index (χ2v) is 4.15. The molecule has 5 nitrogen and oxygen atoms in total. The zero-order valence-corrected chi connectivity index (χ0v) is 10.5. The quantitative estimate of drug-likeness (QED) is 0.841. The predicted octanol–water partition coefficient (Wildman–Crippen LogP) is 2.09. The van der Waals surface area contributed by atoms with Crippen molar-refractivity contribution in [1.82, 2.24) is 4.98 Å². The minimum Gasteiger partial charge on any atom is -0.366 e. The molecule has 19 heavy (non-hydrogen) atoms. The van der Waals surface area contributed by atoms with E-state index in [1.807, 2.05) is 0 Å². The zero-order valence-electron chi connectivity index (χ0n) is 9.76. The van der Waals surface area contributed by atoms with Crippen LogP contribution in [0.25, 0.3) is 0 Å². The fourth-order valence-electron chi connectivity index (χ4n) is 1.46. The first-order chi connectivity index (χ1) is 9.06. The van der Waals surface area contributed by atoms with Gasteiger partial charge >= 0.3 is 0 Å². The largest absolute Gasteiger partial charge is 0.366 e. The summed E-state index contributed by atoms with van der Waals surface area (Å²) >= 11 is 5.71. The van der Waals surface area contributed by atoms with E-state index in [1.54, 1.807) is 18.2 Å². The summed E-state index contributed by atoms with van der Waals surface area (Å²) in [5.74, 6) is -0.824. The molecular formula is C13H10ClN3O2. The molecule has 1 aromatic heterocycles. The molecule has 0 radical (unpaired) electrons. The van der Waals surface area contributed by atoms with Crippen molar-refractivity contribution in [3.05, 3.63) is 58.9 Å². The Balaban J connectivity index is 2.13. The van der Waals surface area contributed by atoms with E-state index >= 15 is 0 Å². The van der Waals surface area contributed by atoms with Gasteiger partial charge in [-0.2, -0.15) is 0 Å². The van der Waals surface area contributed by atoms with Gasteiger partial charge in [0.25, 0.3) is 5.91 Å². The molecule has 2 aromatic rings. The second-order valence-electron chi connectivity index (χ2n) is 3.76. The Morgan fingerprint density at radius 3 is 2.37 bits per heavy atom. The zero-order chi connectivity index (χ0) is 13.8. The Labute approximate surface area is 114 Å². The van der Waals surface area contributed by atoms with E-state index in [2.05, 4.69) is 10.3 Å². The predicted molar refractivity (Wildman–Crippen MR) is 72.2 cm³/mol. The smallest absolute Gasteiger partial charge is 0.255 e. The average Bonchev–Trinajstić information content (AvgIpc) is 2.39. The lowest BCUT2D eigenvalue weighted by Gasteiger charge is -2.05. The van der Waals surface area contributed by atoms with Crippen molar-refractivity contribution >= 4 is 29.1 Å². The van der Waals surface area contributed by atoms with Crippen molar-refractivity contribution in [2.75, 3.05) is 5.32 Å². The van der Waals surface area contributed by atoms with Crippen LogP contribution in [0, 0.1) is 0 Å². The van der Waals surface area contributed by atoms with Crippen LogP contribution in [0.2, 0.25) is 5.15 Å². The molecule has 0 saturated heterocycles. The Bertz CT molecular complexity index is 626. The number of benzene rings is 1. The molecule has 3 N–H and O–H groups in total. The number of amides is 2. The first kappa shape index (κ1) is 13.0. The standard InChI is InChI=1S/C13H10ClN3O2/c14-11-7-9(5-6-16-11)13(19)17-10-3-1-8(2-4-10)12(15)18/h1-7H,(H2,15,18)(H,17,19). The van der Waals surface area contributed by atoms with Crippen molar-refractivity contribution in [2.45, 2.75) is 0 Å². The van der Waals surface area contributed by atoms with Crippen LogP contribution in [-0.4, -0.2) is 16.8 Å². The van der Waals surface area contributed by atoms with Crippen LogP contribution in [0.5, 0.6) is 0 Å². The number of carbonyl (C=O) groups is 2. The maximum atomic E-state index is 11.9. The van der Waals surface area contributed by atoms with Gasteiger partial charge in [0.15, 0.2) is 0 Å². The number of nitrogens with one attached hydrogen (secondary N) is 1. The van der Waals surface area contributed by atoms with Crippen LogP contribution in [-0.2, 0) is 0 Å². The van der Waals surface area contributed by atoms with E-state index in [4.69, 9.17) is 17.3 Å². The molecular weight excluding hydrogens is 266 g/mol. The molecule has 0 unspecified atom stereocenters. The number of aromatic nitrogens is 1. The SMILES string of the molecule is NC(=O)c1ccc(NC(=O)c2ccnc(Cl)c2)cc1. The van der Waals surface area contributed by atoms with E-state index in [0.29, 0.717) is 16.8 Å². The molecule has 2 rings (SSSR count). The lowest BCUT2D eigenvalue weighted by atomic mass is 10.2. The Morgan fingerprint density at radius 2 is 1.79 bits per heavy atom. The van der Waals surface area contributed by atoms with Crippen molar-refractivity contribution in [3.63, 3.8) is 0 Å². The molecule has 1 aromatic carbocycles. The van der Waals surface area contributed by atoms with Gasteiger partial charge in [-0.1, -0.05) is 11.6 Å². The van der Waals surface area contributed by atoms with Crippen LogP contribution in [0.3, 0.4) is 0 Å². The fourth-order valence-corrected chi connectivity index (χ4v) is 1.64. The van der Waals surface area contributed by atoms with E-state index in [9.17, 15) is 9.59 Å². The lowest BCUT2D eigenvalue weighted by molar-refractivity contribution is 0.0998. The molecule has 0 atom stereocenters. The third kappa shape index (κ3) is 3.29. The highest BCUT2D eigenvalue weighted by Crippen LogP contribution is 2.12. The van der Waals surface area contributed by atoms with Gasteiger partial charge in [0.1, 0.15) is 5.15 Å². The summed E-state index contributed by atoms with van der Waals surface area (Å²) in [6.45, 7) is 0. The second kappa shape index (κ2) is 5.49. The van der Waals surface area contributed by atoms with Gasteiger partial charge in [-0.15, -0.1) is 0 Å². The first-order valence-corrected chi connectivity index (χ1v) is 5.77. The molecule has 0 bridgehead atoms. The summed E-state index contributed by atoms with van der Waals surface area (Å²) in [5, 5.41) is 2.92. The highest BCUT2D eigenvalue weighted by atomic mass is 35.5. The number of nitrogens with two attached hydrogens (primary N) is 1. The number of carbonyl (C=O) groups excluding carboxylic acids is 2. The molecule has 2 amide bonds. The normalized spacial score (nSPS) is 9.95. The van der Waals surface area contributed by atoms with Crippen LogP contribution >= 0.6 is 11.6 Å². The van der Waals surface area contributed by atoms with E-state index in [1.165, 1.54) is 24.4 Å². The molecule has 0 aliphatic rings. The molecule has 1 heterocycles. The van der Waals surface area contributed by atoms with Gasteiger partial charge < -0.3 is 11.1 Å². The van der Waals surface area contributed by atoms with E-state index in [-0.39, 0.29) is 11.1 Å². The third-order valence-electron chi connectivity index (χ3n) is 2.42. The summed E-state index contributed by atoms with van der Waals surface area (Å²) in [4.78, 5) is 26.6. The number of anilines is 1. The molecule has 0 spiro atoms. The van der Waals surface area contributed by atoms with Gasteiger partial charge in [0, 0.05) is 23.0 Å². The van der Waals surface area contributed by atoms with Crippen molar-refractivity contribution in [3.8, 4) is 0 Å². The van der Waals surface area contributed by atoms with Crippen LogP contribution in [0.15, 0.2) is 42.6 Å². The van der Waals surface area contributed by atoms with Crippen molar-refractivity contribution in [2.24, 2.45) is 5.73 Å². The number of primary amides is 1. The Hall–Kier alpha value is -2.40. The highest BCUT2D eigenvalue weighted by molar-refractivity contribution is 6.29. The molecule has 0 saturated carbocycles. The summed E-state index contributed by atoms with van der Waals surface area (Å²) < 4.78 is 0. The molecule has 0 aliphatic carbocycles. The highest BCUT2D eigenvalue weighted by Gasteiger charge is 2.07. The molecule has 96 valence electrons. The topological polar surface area (TPSA) is 85.1 Å². The van der Waals surface area contributed by atoms with Gasteiger partial charge in [-0.25, -0.2) is 4.98 Å². The maximum absolute atomic E-state index is 11.9. The summed E-state index contributed by atoms with van der Waals surface area (Å²) in [7, 11) is 0. The van der Waals surface area contributed by atoms with Crippen LogP contribution in [0.1, 0.15) is 20.7 Å². The van der Waals surface area contributed by atoms with E-state index in [0.717, 1.165) is 0 Å². The number of halogens is 1. The van der Waals surface area contributed by atoms with Gasteiger partial charge in [0.2, 0.25) is 5.91 Å². The Kier molecular flexibility index (Phi) is 3.77. The van der Waals surface area contributed by atoms with Gasteiger partial charge in [-0.3, -0.25) is 9.59 Å². The molecule has 6 heteroatoms. The number of hydrogen-bond donors (Lipinski definition) is 2. The monoisotopic (exact) mass is 275 g/mol. The number of rotatable bonds is 3. The van der Waals surface area contributed by atoms with Crippen molar-refractivity contribution < 1.29 is 9.59 Å². The number of nitrogens with zero attached hydrogens (tertiary/aromatic N) is 1. The fraction of sp³-hybridized carbons (Fsp3) is 0.